The van der Waals surface area contributed by atoms with Crippen molar-refractivity contribution in [3.63, 3.8) is 0 Å². The van der Waals surface area contributed by atoms with Crippen LogP contribution in [-0.2, 0) is 10.0 Å². The molecule has 0 aromatic carbocycles. The summed E-state index contributed by atoms with van der Waals surface area (Å²) in [5, 5.41) is 3.78. The summed E-state index contributed by atoms with van der Waals surface area (Å²) in [7, 11) is -3.18. The van der Waals surface area contributed by atoms with E-state index >= 15 is 0 Å². The molecule has 2 aliphatic heterocycles. The van der Waals surface area contributed by atoms with Crippen molar-refractivity contribution in [1.29, 1.82) is 0 Å². The van der Waals surface area contributed by atoms with Gasteiger partial charge in [0.2, 0.25) is 10.0 Å². The number of nitrogens with zero attached hydrogens (tertiary/aromatic N) is 2. The van der Waals surface area contributed by atoms with Gasteiger partial charge in [-0.25, -0.2) is 8.42 Å². The summed E-state index contributed by atoms with van der Waals surface area (Å²) < 4.78 is 25.9. The Kier molecular flexibility index (Phi) is 4.31. The Labute approximate surface area is 136 Å². The summed E-state index contributed by atoms with van der Waals surface area (Å²) in [4.78, 5) is 14.3. The summed E-state index contributed by atoms with van der Waals surface area (Å²) in [5.41, 5.74) is 0.474. The van der Waals surface area contributed by atoms with Crippen LogP contribution in [0.2, 0.25) is 0 Å². The first-order valence-electron chi connectivity index (χ1n) is 7.72. The predicted molar refractivity (Wildman–Crippen MR) is 87.6 cm³/mol. The summed E-state index contributed by atoms with van der Waals surface area (Å²) in [6, 6.07) is 1.85. The van der Waals surface area contributed by atoms with Gasteiger partial charge in [-0.1, -0.05) is 6.42 Å². The molecule has 0 atom stereocenters. The minimum absolute atomic E-state index is 0.0674. The smallest absolute Gasteiger partial charge is 0.254 e. The molecule has 3 heterocycles. The van der Waals surface area contributed by atoms with Gasteiger partial charge in [0.05, 0.1) is 11.8 Å². The number of piperidine rings is 2. The maximum absolute atomic E-state index is 12.4. The van der Waals surface area contributed by atoms with Gasteiger partial charge >= 0.3 is 0 Å². The Balaban J connectivity index is 1.73. The average Bonchev–Trinajstić information content (AvgIpc) is 3.01. The van der Waals surface area contributed by atoms with Crippen molar-refractivity contribution in [2.45, 2.75) is 37.6 Å². The molecule has 0 saturated carbocycles. The lowest BCUT2D eigenvalue weighted by Gasteiger charge is -2.50. The van der Waals surface area contributed by atoms with Crippen molar-refractivity contribution < 1.29 is 13.2 Å². The van der Waals surface area contributed by atoms with Crippen LogP contribution < -0.4 is 0 Å². The minimum atomic E-state index is -3.18. The van der Waals surface area contributed by atoms with Gasteiger partial charge in [-0.15, -0.1) is 0 Å². The Bertz CT molecular complexity index is 632. The van der Waals surface area contributed by atoms with Gasteiger partial charge in [0, 0.05) is 30.6 Å². The van der Waals surface area contributed by atoms with Gasteiger partial charge in [0.15, 0.2) is 0 Å². The molecule has 1 aromatic rings. The first-order chi connectivity index (χ1) is 10.4. The molecule has 7 heteroatoms. The van der Waals surface area contributed by atoms with Crippen LogP contribution in [0.4, 0.5) is 0 Å². The van der Waals surface area contributed by atoms with E-state index in [9.17, 15) is 13.2 Å². The van der Waals surface area contributed by atoms with E-state index in [0.717, 1.165) is 37.7 Å². The Morgan fingerprint density at radius 2 is 1.91 bits per heavy atom. The third kappa shape index (κ3) is 2.94. The van der Waals surface area contributed by atoms with Crippen LogP contribution in [0, 0.1) is 0 Å². The van der Waals surface area contributed by atoms with Crippen LogP contribution in [-0.4, -0.2) is 55.0 Å². The summed E-state index contributed by atoms with van der Waals surface area (Å²) in [6.07, 6.45) is 5.73. The molecule has 1 spiro atoms. The molecule has 0 radical (unpaired) electrons. The number of carbonyl (C=O) groups is 1. The average molecular weight is 342 g/mol. The molecule has 2 fully saturated rings. The van der Waals surface area contributed by atoms with Crippen LogP contribution in [0.5, 0.6) is 0 Å². The molecule has 0 aliphatic carbocycles. The Morgan fingerprint density at radius 3 is 2.50 bits per heavy atom. The normalized spacial score (nSPS) is 22.9. The van der Waals surface area contributed by atoms with Crippen molar-refractivity contribution >= 4 is 27.3 Å². The quantitative estimate of drug-likeness (QED) is 0.828. The second-order valence-electron chi connectivity index (χ2n) is 6.32. The first-order valence-corrected chi connectivity index (χ1v) is 10.5. The van der Waals surface area contributed by atoms with E-state index < -0.39 is 10.0 Å². The number of thiophene rings is 1. The van der Waals surface area contributed by atoms with Crippen LogP contribution in [0.25, 0.3) is 0 Å². The molecule has 0 unspecified atom stereocenters. The fourth-order valence-corrected chi connectivity index (χ4v) is 5.85. The predicted octanol–water partition coefficient (Wildman–Crippen LogP) is 2.17. The number of carbonyl (C=O) groups excluding carboxylic acids is 1. The number of rotatable bonds is 2. The van der Waals surface area contributed by atoms with E-state index in [1.807, 2.05) is 21.7 Å². The third-order valence-electron chi connectivity index (χ3n) is 4.93. The lowest BCUT2D eigenvalue weighted by molar-refractivity contribution is 0.0391. The highest BCUT2D eigenvalue weighted by molar-refractivity contribution is 7.88. The molecular formula is C15H22N2O3S2. The number of amides is 1. The van der Waals surface area contributed by atoms with Crippen LogP contribution >= 0.6 is 11.3 Å². The zero-order chi connectivity index (χ0) is 15.8. The molecule has 122 valence electrons. The lowest BCUT2D eigenvalue weighted by atomic mass is 9.80. The van der Waals surface area contributed by atoms with E-state index in [4.69, 9.17) is 0 Å². The highest BCUT2D eigenvalue weighted by Crippen LogP contribution is 2.39. The Hall–Kier alpha value is -0.920. The molecule has 1 aromatic heterocycles. The molecule has 5 nitrogen and oxygen atoms in total. The van der Waals surface area contributed by atoms with Crippen LogP contribution in [0.3, 0.4) is 0 Å². The van der Waals surface area contributed by atoms with Crippen molar-refractivity contribution in [1.82, 2.24) is 9.21 Å². The van der Waals surface area contributed by atoms with Gasteiger partial charge in [-0.3, -0.25) is 4.79 Å². The van der Waals surface area contributed by atoms with E-state index in [0.29, 0.717) is 19.6 Å². The SMILES string of the molecule is CS(=O)(=O)N1CCCCC12CCN(C(=O)c1ccsc1)CC2. The van der Waals surface area contributed by atoms with Gasteiger partial charge in [0.25, 0.3) is 5.91 Å². The second-order valence-corrected chi connectivity index (χ2v) is 9.01. The topological polar surface area (TPSA) is 57.7 Å². The highest BCUT2D eigenvalue weighted by atomic mass is 32.2. The monoisotopic (exact) mass is 342 g/mol. The molecule has 22 heavy (non-hydrogen) atoms. The van der Waals surface area contributed by atoms with E-state index in [1.54, 1.807) is 4.31 Å². The van der Waals surface area contributed by atoms with Crippen LogP contribution in [0.15, 0.2) is 16.8 Å². The lowest BCUT2D eigenvalue weighted by Crippen LogP contribution is -2.59. The summed E-state index contributed by atoms with van der Waals surface area (Å²) in [6.45, 7) is 1.90. The molecule has 1 amide bonds. The minimum Gasteiger partial charge on any atom is -0.338 e. The molecular weight excluding hydrogens is 320 g/mol. The van der Waals surface area contributed by atoms with E-state index in [2.05, 4.69) is 0 Å². The third-order valence-corrected chi connectivity index (χ3v) is 6.99. The number of likely N-dealkylation sites (tertiary alicyclic amines) is 1. The highest BCUT2D eigenvalue weighted by Gasteiger charge is 2.45. The number of hydrogen-bond donors (Lipinski definition) is 0. The molecule has 2 aliphatic rings. The van der Waals surface area contributed by atoms with E-state index in [-0.39, 0.29) is 11.4 Å². The van der Waals surface area contributed by atoms with Gasteiger partial charge < -0.3 is 4.90 Å². The fraction of sp³-hybridized carbons (Fsp3) is 0.667. The van der Waals surface area contributed by atoms with Crippen molar-refractivity contribution in [3.8, 4) is 0 Å². The number of sulfonamides is 1. The zero-order valence-electron chi connectivity index (χ0n) is 12.8. The van der Waals surface area contributed by atoms with E-state index in [1.165, 1.54) is 17.6 Å². The first kappa shape index (κ1) is 16.0. The summed E-state index contributed by atoms with van der Waals surface area (Å²) >= 11 is 1.52. The maximum atomic E-state index is 12.4. The molecule has 2 saturated heterocycles. The molecule has 3 rings (SSSR count). The molecule has 0 N–H and O–H groups in total. The zero-order valence-corrected chi connectivity index (χ0v) is 14.5. The van der Waals surface area contributed by atoms with Gasteiger partial charge in [-0.05, 0) is 37.1 Å². The van der Waals surface area contributed by atoms with Gasteiger partial charge in [0.1, 0.15) is 0 Å². The largest absolute Gasteiger partial charge is 0.338 e. The maximum Gasteiger partial charge on any atom is 0.254 e. The van der Waals surface area contributed by atoms with Crippen molar-refractivity contribution in [2.75, 3.05) is 25.9 Å². The summed E-state index contributed by atoms with van der Waals surface area (Å²) in [5.74, 6) is 0.0674. The second kappa shape index (κ2) is 5.94. The van der Waals surface area contributed by atoms with Crippen LogP contribution in [0.1, 0.15) is 42.5 Å². The van der Waals surface area contributed by atoms with Crippen molar-refractivity contribution in [3.05, 3.63) is 22.4 Å². The van der Waals surface area contributed by atoms with Crippen molar-refractivity contribution in [2.24, 2.45) is 0 Å². The van der Waals surface area contributed by atoms with Gasteiger partial charge in [-0.2, -0.15) is 15.6 Å². The molecule has 0 bridgehead atoms. The Morgan fingerprint density at radius 1 is 1.18 bits per heavy atom. The number of hydrogen-bond acceptors (Lipinski definition) is 4. The standard InChI is InChI=1S/C15H22N2O3S2/c1-22(19,20)17-8-3-2-5-15(17)6-9-16(10-7-15)14(18)13-4-11-21-12-13/h4,11-12H,2-3,5-10H2,1H3. The fourth-order valence-electron chi connectivity index (χ4n) is 3.78.